The van der Waals surface area contributed by atoms with Crippen molar-refractivity contribution in [2.75, 3.05) is 12.8 Å². The number of hydrogen-bond acceptors (Lipinski definition) is 3. The van der Waals surface area contributed by atoms with Crippen molar-refractivity contribution in [2.24, 2.45) is 0 Å². The summed E-state index contributed by atoms with van der Waals surface area (Å²) in [7, 11) is 1.56. The van der Waals surface area contributed by atoms with Crippen LogP contribution in [-0.4, -0.2) is 12.1 Å². The number of ether oxygens (including phenoxy) is 1. The van der Waals surface area contributed by atoms with Gasteiger partial charge in [0.1, 0.15) is 5.52 Å². The van der Waals surface area contributed by atoms with E-state index in [4.69, 9.17) is 10.5 Å². The number of halogens is 2. The van der Waals surface area contributed by atoms with Crippen molar-refractivity contribution in [1.82, 2.24) is 4.98 Å². The zero-order chi connectivity index (χ0) is 11.7. The topological polar surface area (TPSA) is 48.1 Å². The molecule has 0 bridgehead atoms. The Labute approximate surface area is 101 Å². The molecule has 0 aliphatic rings. The molecule has 2 N–H and O–H groups in total. The second-order valence-corrected chi connectivity index (χ2v) is 4.34. The molecule has 0 unspecified atom stereocenters. The maximum absolute atomic E-state index is 13.7. The lowest BCUT2D eigenvalue weighted by Crippen LogP contribution is -1.98. The van der Waals surface area contributed by atoms with Crippen LogP contribution in [0.3, 0.4) is 0 Å². The highest BCUT2D eigenvalue weighted by atomic mass is 79.9. The lowest BCUT2D eigenvalue weighted by Gasteiger charge is -2.07. The summed E-state index contributed by atoms with van der Waals surface area (Å²) in [5, 5.41) is 0.603. The summed E-state index contributed by atoms with van der Waals surface area (Å²) in [5.41, 5.74) is 7.23. The third kappa shape index (κ3) is 2.01. The summed E-state index contributed by atoms with van der Waals surface area (Å²) in [6, 6.07) is 4.81. The molecule has 0 atom stereocenters. The third-order valence-corrected chi connectivity index (χ3v) is 2.67. The van der Waals surface area contributed by atoms with Gasteiger partial charge in [-0.2, -0.15) is 0 Å². The summed E-state index contributed by atoms with van der Waals surface area (Å²) in [5.74, 6) is -0.394. The first-order valence-corrected chi connectivity index (χ1v) is 5.44. The molecule has 0 amide bonds. The maximum atomic E-state index is 13.7. The molecular weight excluding hydrogens is 275 g/mol. The van der Waals surface area contributed by atoms with Gasteiger partial charge >= 0.3 is 0 Å². The highest BCUT2D eigenvalue weighted by Gasteiger charge is 2.09. The number of nitrogen functional groups attached to an aromatic ring is 1. The number of nitrogens with two attached hydrogens (primary N) is 1. The van der Waals surface area contributed by atoms with Crippen molar-refractivity contribution in [2.45, 2.75) is 6.61 Å². The largest absolute Gasteiger partial charge is 0.398 e. The smallest absolute Gasteiger partial charge is 0.150 e. The van der Waals surface area contributed by atoms with Crippen molar-refractivity contribution < 1.29 is 9.13 Å². The Hall–Kier alpha value is -1.20. The maximum Gasteiger partial charge on any atom is 0.150 e. The number of hydrogen-bond donors (Lipinski definition) is 1. The number of nitrogens with zero attached hydrogens (tertiary/aromatic N) is 1. The van der Waals surface area contributed by atoms with Gasteiger partial charge in [-0.25, -0.2) is 9.37 Å². The van der Waals surface area contributed by atoms with E-state index in [1.807, 2.05) is 0 Å². The van der Waals surface area contributed by atoms with Gasteiger partial charge in [-0.3, -0.25) is 0 Å². The Morgan fingerprint density at radius 2 is 2.19 bits per heavy atom. The zero-order valence-corrected chi connectivity index (χ0v) is 10.2. The van der Waals surface area contributed by atoms with E-state index in [-0.39, 0.29) is 5.52 Å². The predicted octanol–water partition coefficient (Wildman–Crippen LogP) is 2.87. The first-order valence-electron chi connectivity index (χ1n) is 4.65. The number of benzene rings is 1. The Morgan fingerprint density at radius 3 is 2.88 bits per heavy atom. The van der Waals surface area contributed by atoms with Crippen LogP contribution in [0.5, 0.6) is 0 Å². The van der Waals surface area contributed by atoms with Gasteiger partial charge < -0.3 is 10.5 Å². The summed E-state index contributed by atoms with van der Waals surface area (Å²) in [4.78, 5) is 4.17. The van der Waals surface area contributed by atoms with Gasteiger partial charge in [-0.1, -0.05) is 15.9 Å². The van der Waals surface area contributed by atoms with Crippen LogP contribution in [0.2, 0.25) is 0 Å². The number of aromatic nitrogens is 1. The standard InChI is InChI=1S/C11H10BrFN2O/c1-16-5-7-4-10(14)8-2-6(12)3-9(13)11(8)15-7/h2-4H,5H2,1H3,(H2,14,15). The molecule has 0 saturated heterocycles. The fraction of sp³-hybridized carbons (Fsp3) is 0.182. The average Bonchev–Trinajstić information content (AvgIpc) is 2.20. The van der Waals surface area contributed by atoms with Gasteiger partial charge in [0.05, 0.1) is 12.3 Å². The second-order valence-electron chi connectivity index (χ2n) is 3.42. The SMILES string of the molecule is COCc1cc(N)c2cc(Br)cc(F)c2n1. The molecule has 1 aromatic heterocycles. The van der Waals surface area contributed by atoms with Crippen molar-refractivity contribution in [3.8, 4) is 0 Å². The van der Waals surface area contributed by atoms with Crippen LogP contribution in [-0.2, 0) is 11.3 Å². The number of methoxy groups -OCH3 is 1. The van der Waals surface area contributed by atoms with Gasteiger partial charge in [0.15, 0.2) is 5.82 Å². The van der Waals surface area contributed by atoms with Crippen LogP contribution in [0.15, 0.2) is 22.7 Å². The molecule has 2 aromatic rings. The third-order valence-electron chi connectivity index (χ3n) is 2.21. The quantitative estimate of drug-likeness (QED) is 0.923. The summed E-state index contributed by atoms with van der Waals surface area (Å²) >= 11 is 3.22. The van der Waals surface area contributed by atoms with Gasteiger partial charge in [0, 0.05) is 22.7 Å². The second kappa shape index (κ2) is 4.35. The first kappa shape index (κ1) is 11.3. The van der Waals surface area contributed by atoms with Gasteiger partial charge in [-0.05, 0) is 18.2 Å². The lowest BCUT2D eigenvalue weighted by atomic mass is 10.1. The highest BCUT2D eigenvalue weighted by molar-refractivity contribution is 9.10. The Kier molecular flexibility index (Phi) is 3.07. The predicted molar refractivity (Wildman–Crippen MR) is 64.5 cm³/mol. The van der Waals surface area contributed by atoms with E-state index in [0.717, 1.165) is 0 Å². The van der Waals surface area contributed by atoms with Gasteiger partial charge in [0.25, 0.3) is 0 Å². The minimum absolute atomic E-state index is 0.273. The van der Waals surface area contributed by atoms with Crippen LogP contribution in [0.4, 0.5) is 10.1 Å². The molecule has 0 spiro atoms. The number of rotatable bonds is 2. The molecule has 84 valence electrons. The number of fused-ring (bicyclic) bond motifs is 1. The van der Waals surface area contributed by atoms with E-state index in [1.165, 1.54) is 6.07 Å². The zero-order valence-electron chi connectivity index (χ0n) is 8.63. The molecule has 0 radical (unpaired) electrons. The van der Waals surface area contributed by atoms with E-state index in [1.54, 1.807) is 19.2 Å². The molecule has 3 nitrogen and oxygen atoms in total. The Balaban J connectivity index is 2.71. The van der Waals surface area contributed by atoms with Crippen molar-refractivity contribution in [3.05, 3.63) is 34.2 Å². The van der Waals surface area contributed by atoms with Crippen molar-refractivity contribution in [1.29, 1.82) is 0 Å². The highest BCUT2D eigenvalue weighted by Crippen LogP contribution is 2.27. The van der Waals surface area contributed by atoms with E-state index >= 15 is 0 Å². The number of anilines is 1. The summed E-state index contributed by atoms with van der Waals surface area (Å²) in [6.45, 7) is 0.315. The molecule has 16 heavy (non-hydrogen) atoms. The normalized spacial score (nSPS) is 10.9. The molecule has 0 aliphatic carbocycles. The van der Waals surface area contributed by atoms with Gasteiger partial charge in [0.2, 0.25) is 0 Å². The fourth-order valence-electron chi connectivity index (χ4n) is 1.55. The molecule has 1 aromatic carbocycles. The van der Waals surface area contributed by atoms with E-state index < -0.39 is 5.82 Å². The summed E-state index contributed by atoms with van der Waals surface area (Å²) in [6.07, 6.45) is 0. The van der Waals surface area contributed by atoms with Crippen LogP contribution in [0.1, 0.15) is 5.69 Å². The fourth-order valence-corrected chi connectivity index (χ4v) is 1.98. The molecule has 0 aliphatic heterocycles. The molecule has 2 rings (SSSR count). The first-order chi connectivity index (χ1) is 7.61. The van der Waals surface area contributed by atoms with E-state index in [0.29, 0.717) is 27.8 Å². The Morgan fingerprint density at radius 1 is 1.44 bits per heavy atom. The van der Waals surface area contributed by atoms with Gasteiger partial charge in [-0.15, -0.1) is 0 Å². The van der Waals surface area contributed by atoms with E-state index in [2.05, 4.69) is 20.9 Å². The molecular formula is C11H10BrFN2O. The van der Waals surface area contributed by atoms with Crippen LogP contribution in [0, 0.1) is 5.82 Å². The Bertz CT molecular complexity index is 545. The van der Waals surface area contributed by atoms with Crippen molar-refractivity contribution in [3.63, 3.8) is 0 Å². The van der Waals surface area contributed by atoms with Crippen LogP contribution in [0.25, 0.3) is 10.9 Å². The van der Waals surface area contributed by atoms with E-state index in [9.17, 15) is 4.39 Å². The summed E-state index contributed by atoms with van der Waals surface area (Å²) < 4.78 is 19.2. The monoisotopic (exact) mass is 284 g/mol. The van der Waals surface area contributed by atoms with Crippen LogP contribution >= 0.6 is 15.9 Å². The molecule has 5 heteroatoms. The minimum Gasteiger partial charge on any atom is -0.398 e. The van der Waals surface area contributed by atoms with Crippen molar-refractivity contribution >= 4 is 32.5 Å². The molecule has 1 heterocycles. The van der Waals surface area contributed by atoms with Crippen LogP contribution < -0.4 is 5.73 Å². The lowest BCUT2D eigenvalue weighted by molar-refractivity contribution is 0.182. The number of pyridine rings is 1. The molecule has 0 saturated carbocycles. The molecule has 0 fully saturated rings. The average molecular weight is 285 g/mol. The minimum atomic E-state index is -0.394.